The number of benzene rings is 2. The van der Waals surface area contributed by atoms with Crippen molar-refractivity contribution in [3.63, 3.8) is 0 Å². The van der Waals surface area contributed by atoms with Gasteiger partial charge >= 0.3 is 0 Å². The first-order chi connectivity index (χ1) is 11.0. The molecule has 2 aromatic rings. The average molecular weight is 311 g/mol. The number of hydrogen-bond donors (Lipinski definition) is 3. The largest absolute Gasteiger partial charge is 0.376 e. The van der Waals surface area contributed by atoms with Crippen LogP contribution in [-0.2, 0) is 4.79 Å². The molecule has 0 bridgehead atoms. The first-order valence-corrected chi connectivity index (χ1v) is 7.42. The third kappa shape index (κ3) is 4.57. The molecule has 5 heteroatoms. The molecule has 3 N–H and O–H groups in total. The van der Waals surface area contributed by atoms with E-state index in [0.29, 0.717) is 5.56 Å². The highest BCUT2D eigenvalue weighted by Crippen LogP contribution is 2.16. The van der Waals surface area contributed by atoms with Gasteiger partial charge in [0.15, 0.2) is 0 Å². The molecule has 5 nitrogen and oxygen atoms in total. The fraction of sp³-hybridized carbons (Fsp3) is 0.222. The second-order valence-corrected chi connectivity index (χ2v) is 5.38. The van der Waals surface area contributed by atoms with Gasteiger partial charge in [-0.1, -0.05) is 18.2 Å². The molecular weight excluding hydrogens is 290 g/mol. The Hall–Kier alpha value is -2.82. The summed E-state index contributed by atoms with van der Waals surface area (Å²) in [5.74, 6) is -0.294. The van der Waals surface area contributed by atoms with Crippen LogP contribution in [0.25, 0.3) is 0 Å². The summed E-state index contributed by atoms with van der Waals surface area (Å²) in [7, 11) is 1.58. The smallest absolute Gasteiger partial charge is 0.251 e. The number of amides is 2. The number of aryl methyl sites for hydroxylation is 2. The van der Waals surface area contributed by atoms with Gasteiger partial charge in [-0.05, 0) is 49.2 Å². The number of rotatable bonds is 5. The Labute approximate surface area is 136 Å². The predicted octanol–water partition coefficient (Wildman–Crippen LogP) is 2.71. The maximum atomic E-state index is 12.1. The van der Waals surface area contributed by atoms with E-state index in [0.717, 1.165) is 22.5 Å². The van der Waals surface area contributed by atoms with Crippen LogP contribution in [0.5, 0.6) is 0 Å². The second-order valence-electron chi connectivity index (χ2n) is 5.38. The van der Waals surface area contributed by atoms with Crippen LogP contribution in [0.3, 0.4) is 0 Å². The van der Waals surface area contributed by atoms with Gasteiger partial charge in [0.05, 0.1) is 6.54 Å². The van der Waals surface area contributed by atoms with Crippen LogP contribution in [0, 0.1) is 13.8 Å². The molecule has 2 aromatic carbocycles. The number of carbonyl (C=O) groups is 2. The summed E-state index contributed by atoms with van der Waals surface area (Å²) in [5, 5.41) is 8.49. The van der Waals surface area contributed by atoms with Crippen LogP contribution in [0.1, 0.15) is 21.5 Å². The molecule has 0 radical (unpaired) electrons. The maximum absolute atomic E-state index is 12.1. The SMILES string of the molecule is CNC(=O)c1cccc(NCC(=O)Nc2cc(C)ccc2C)c1. The fourth-order valence-corrected chi connectivity index (χ4v) is 2.16. The molecule has 0 fully saturated rings. The van der Waals surface area contributed by atoms with Gasteiger partial charge in [0.2, 0.25) is 5.91 Å². The second kappa shape index (κ2) is 7.45. The molecule has 0 saturated heterocycles. The summed E-state index contributed by atoms with van der Waals surface area (Å²) in [4.78, 5) is 23.7. The van der Waals surface area contributed by atoms with Crippen molar-refractivity contribution in [2.45, 2.75) is 13.8 Å². The van der Waals surface area contributed by atoms with Crippen molar-refractivity contribution in [1.82, 2.24) is 5.32 Å². The first kappa shape index (κ1) is 16.5. The van der Waals surface area contributed by atoms with E-state index in [1.807, 2.05) is 38.1 Å². The molecule has 2 rings (SSSR count). The van der Waals surface area contributed by atoms with Gasteiger partial charge < -0.3 is 16.0 Å². The van der Waals surface area contributed by atoms with E-state index in [1.54, 1.807) is 25.2 Å². The zero-order valence-electron chi connectivity index (χ0n) is 13.6. The van der Waals surface area contributed by atoms with Crippen LogP contribution >= 0.6 is 0 Å². The van der Waals surface area contributed by atoms with Gasteiger partial charge in [0.1, 0.15) is 0 Å². The van der Waals surface area contributed by atoms with Crippen molar-refractivity contribution < 1.29 is 9.59 Å². The van der Waals surface area contributed by atoms with Crippen LogP contribution in [0.2, 0.25) is 0 Å². The van der Waals surface area contributed by atoms with E-state index in [1.165, 1.54) is 0 Å². The molecule has 0 unspecified atom stereocenters. The van der Waals surface area contributed by atoms with Crippen molar-refractivity contribution in [2.24, 2.45) is 0 Å². The molecular formula is C18H21N3O2. The summed E-state index contributed by atoms with van der Waals surface area (Å²) in [5.41, 5.74) is 4.20. The van der Waals surface area contributed by atoms with Crippen LogP contribution < -0.4 is 16.0 Å². The topological polar surface area (TPSA) is 70.2 Å². The summed E-state index contributed by atoms with van der Waals surface area (Å²) < 4.78 is 0. The van der Waals surface area contributed by atoms with E-state index < -0.39 is 0 Å². The van der Waals surface area contributed by atoms with Gasteiger partial charge in [-0.25, -0.2) is 0 Å². The van der Waals surface area contributed by atoms with Crippen molar-refractivity contribution >= 4 is 23.2 Å². The Morgan fingerprint density at radius 3 is 2.57 bits per heavy atom. The van der Waals surface area contributed by atoms with Gasteiger partial charge in [-0.3, -0.25) is 9.59 Å². The highest BCUT2D eigenvalue weighted by atomic mass is 16.2. The van der Waals surface area contributed by atoms with E-state index in [-0.39, 0.29) is 18.4 Å². The Morgan fingerprint density at radius 2 is 1.83 bits per heavy atom. The first-order valence-electron chi connectivity index (χ1n) is 7.42. The minimum atomic E-state index is -0.159. The van der Waals surface area contributed by atoms with E-state index in [2.05, 4.69) is 16.0 Å². The predicted molar refractivity (Wildman–Crippen MR) is 92.9 cm³/mol. The number of nitrogens with one attached hydrogen (secondary N) is 3. The van der Waals surface area contributed by atoms with Crippen LogP contribution in [0.15, 0.2) is 42.5 Å². The summed E-state index contributed by atoms with van der Waals surface area (Å²) in [6.45, 7) is 4.07. The van der Waals surface area contributed by atoms with E-state index in [4.69, 9.17) is 0 Å². The standard InChI is InChI=1S/C18H21N3O2/c1-12-7-8-13(2)16(9-12)21-17(22)11-20-15-6-4-5-14(10-15)18(23)19-3/h4-10,20H,11H2,1-3H3,(H,19,23)(H,21,22). The Morgan fingerprint density at radius 1 is 1.04 bits per heavy atom. The third-order valence-electron chi connectivity index (χ3n) is 3.47. The molecule has 0 aromatic heterocycles. The summed E-state index contributed by atoms with van der Waals surface area (Å²) in [6.07, 6.45) is 0. The van der Waals surface area contributed by atoms with Crippen LogP contribution in [-0.4, -0.2) is 25.4 Å². The monoisotopic (exact) mass is 311 g/mol. The lowest BCUT2D eigenvalue weighted by Crippen LogP contribution is -2.22. The zero-order valence-corrected chi connectivity index (χ0v) is 13.6. The maximum Gasteiger partial charge on any atom is 0.251 e. The molecule has 0 aliphatic carbocycles. The molecule has 0 aliphatic heterocycles. The highest BCUT2D eigenvalue weighted by molar-refractivity contribution is 5.96. The average Bonchev–Trinajstić information content (AvgIpc) is 2.56. The molecule has 23 heavy (non-hydrogen) atoms. The Kier molecular flexibility index (Phi) is 5.36. The minimum absolute atomic E-state index is 0.130. The van der Waals surface area contributed by atoms with Gasteiger partial charge in [-0.15, -0.1) is 0 Å². The van der Waals surface area contributed by atoms with Crippen molar-refractivity contribution in [3.05, 3.63) is 59.2 Å². The quantitative estimate of drug-likeness (QED) is 0.795. The van der Waals surface area contributed by atoms with E-state index >= 15 is 0 Å². The molecule has 0 saturated carbocycles. The Balaban J connectivity index is 1.97. The molecule has 0 heterocycles. The molecule has 0 aliphatic rings. The van der Waals surface area contributed by atoms with Gasteiger partial charge in [0, 0.05) is 24.0 Å². The minimum Gasteiger partial charge on any atom is -0.376 e. The number of carbonyl (C=O) groups excluding carboxylic acids is 2. The summed E-state index contributed by atoms with van der Waals surface area (Å²) in [6, 6.07) is 13.0. The molecule has 120 valence electrons. The van der Waals surface area contributed by atoms with Crippen molar-refractivity contribution in [2.75, 3.05) is 24.2 Å². The lowest BCUT2D eigenvalue weighted by atomic mass is 10.1. The normalized spacial score (nSPS) is 10.0. The number of anilines is 2. The highest BCUT2D eigenvalue weighted by Gasteiger charge is 2.07. The molecule has 0 spiro atoms. The lowest BCUT2D eigenvalue weighted by molar-refractivity contribution is -0.114. The summed E-state index contributed by atoms with van der Waals surface area (Å²) >= 11 is 0. The van der Waals surface area contributed by atoms with Crippen molar-refractivity contribution in [3.8, 4) is 0 Å². The van der Waals surface area contributed by atoms with E-state index in [9.17, 15) is 9.59 Å². The number of hydrogen-bond acceptors (Lipinski definition) is 3. The zero-order chi connectivity index (χ0) is 16.8. The molecule has 0 atom stereocenters. The molecule has 2 amide bonds. The lowest BCUT2D eigenvalue weighted by Gasteiger charge is -2.11. The Bertz CT molecular complexity index is 726. The van der Waals surface area contributed by atoms with Gasteiger partial charge in [0.25, 0.3) is 5.91 Å². The van der Waals surface area contributed by atoms with Gasteiger partial charge in [-0.2, -0.15) is 0 Å². The van der Waals surface area contributed by atoms with Crippen LogP contribution in [0.4, 0.5) is 11.4 Å². The van der Waals surface area contributed by atoms with Crippen molar-refractivity contribution in [1.29, 1.82) is 0 Å². The third-order valence-corrected chi connectivity index (χ3v) is 3.47. The fourth-order valence-electron chi connectivity index (χ4n) is 2.16.